The number of carbonyl (C=O) groups excluding carboxylic acids is 1. The Morgan fingerprint density at radius 1 is 1.38 bits per heavy atom. The van der Waals surface area contributed by atoms with Crippen LogP contribution in [0.1, 0.15) is 32.4 Å². The first-order chi connectivity index (χ1) is 12.5. The number of benzene rings is 1. The van der Waals surface area contributed by atoms with E-state index in [2.05, 4.69) is 15.4 Å². The fourth-order valence-electron chi connectivity index (χ4n) is 2.84. The average Bonchev–Trinajstić information content (AvgIpc) is 3.05. The summed E-state index contributed by atoms with van der Waals surface area (Å²) >= 11 is 0. The Balaban J connectivity index is 1.89. The van der Waals surface area contributed by atoms with E-state index in [1.54, 1.807) is 23.7 Å². The molecule has 1 atom stereocenters. The van der Waals surface area contributed by atoms with Crippen LogP contribution in [-0.4, -0.2) is 40.1 Å². The van der Waals surface area contributed by atoms with Crippen molar-refractivity contribution >= 4 is 11.9 Å². The summed E-state index contributed by atoms with van der Waals surface area (Å²) in [5.74, 6) is -0.410. The average molecular weight is 360 g/mol. The number of rotatable bonds is 6. The number of carbonyl (C=O) groups is 1. The maximum atomic E-state index is 13.8. The van der Waals surface area contributed by atoms with Gasteiger partial charge in [0.15, 0.2) is 0 Å². The SMILES string of the molecule is CC1=C(C(=O)OCCOC(C)C)C(c2cccc(F)c2)n2ncnc2N1. The summed E-state index contributed by atoms with van der Waals surface area (Å²) in [6.45, 7) is 6.01. The number of anilines is 1. The predicted molar refractivity (Wildman–Crippen MR) is 92.9 cm³/mol. The molecule has 1 N–H and O–H groups in total. The molecule has 0 fully saturated rings. The fourth-order valence-corrected chi connectivity index (χ4v) is 2.84. The molecular formula is C18H21FN4O3. The molecule has 3 rings (SSSR count). The van der Waals surface area contributed by atoms with Crippen LogP contribution in [0.25, 0.3) is 0 Å². The molecule has 138 valence electrons. The number of aromatic nitrogens is 3. The summed E-state index contributed by atoms with van der Waals surface area (Å²) in [6.07, 6.45) is 1.44. The van der Waals surface area contributed by atoms with Gasteiger partial charge in [0.25, 0.3) is 0 Å². The molecule has 26 heavy (non-hydrogen) atoms. The van der Waals surface area contributed by atoms with Gasteiger partial charge in [0, 0.05) is 5.70 Å². The third-order valence-corrected chi connectivity index (χ3v) is 3.95. The number of hydrogen-bond donors (Lipinski definition) is 1. The van der Waals surface area contributed by atoms with Gasteiger partial charge in [-0.05, 0) is 38.5 Å². The number of fused-ring (bicyclic) bond motifs is 1. The van der Waals surface area contributed by atoms with Gasteiger partial charge in [0.1, 0.15) is 24.8 Å². The number of ether oxygens (including phenoxy) is 2. The molecule has 1 aliphatic heterocycles. The highest BCUT2D eigenvalue weighted by atomic mass is 19.1. The maximum Gasteiger partial charge on any atom is 0.338 e. The van der Waals surface area contributed by atoms with E-state index >= 15 is 0 Å². The van der Waals surface area contributed by atoms with Crippen LogP contribution in [0.4, 0.5) is 10.3 Å². The van der Waals surface area contributed by atoms with Gasteiger partial charge in [0.2, 0.25) is 5.95 Å². The van der Waals surface area contributed by atoms with Gasteiger partial charge in [-0.15, -0.1) is 0 Å². The van der Waals surface area contributed by atoms with Crippen LogP contribution >= 0.6 is 0 Å². The molecule has 0 radical (unpaired) electrons. The first kappa shape index (κ1) is 18.1. The molecule has 8 heteroatoms. The lowest BCUT2D eigenvalue weighted by Crippen LogP contribution is -2.30. The molecule has 1 unspecified atom stereocenters. The number of esters is 1. The number of nitrogens with zero attached hydrogens (tertiary/aromatic N) is 3. The molecule has 7 nitrogen and oxygen atoms in total. The minimum absolute atomic E-state index is 0.0590. The molecule has 0 saturated carbocycles. The van der Waals surface area contributed by atoms with Crippen LogP contribution in [0.3, 0.4) is 0 Å². The quantitative estimate of drug-likeness (QED) is 0.630. The van der Waals surface area contributed by atoms with E-state index in [1.807, 2.05) is 13.8 Å². The number of halogens is 1. The van der Waals surface area contributed by atoms with Crippen molar-refractivity contribution in [3.8, 4) is 0 Å². The Labute approximate surface area is 150 Å². The van der Waals surface area contributed by atoms with Gasteiger partial charge in [-0.2, -0.15) is 10.1 Å². The highest BCUT2D eigenvalue weighted by molar-refractivity contribution is 5.92. The summed E-state index contributed by atoms with van der Waals surface area (Å²) in [5, 5.41) is 7.22. The summed E-state index contributed by atoms with van der Waals surface area (Å²) < 4.78 is 26.1. The fraction of sp³-hybridized carbons (Fsp3) is 0.389. The van der Waals surface area contributed by atoms with E-state index in [0.29, 0.717) is 29.4 Å². The molecule has 0 bridgehead atoms. The molecule has 1 aliphatic rings. The molecule has 0 spiro atoms. The van der Waals surface area contributed by atoms with E-state index in [4.69, 9.17) is 9.47 Å². The Bertz CT molecular complexity index is 831. The molecule has 0 amide bonds. The second kappa shape index (κ2) is 7.65. The molecule has 1 aromatic carbocycles. The van der Waals surface area contributed by atoms with E-state index in [1.165, 1.54) is 18.5 Å². The van der Waals surface area contributed by atoms with Crippen molar-refractivity contribution < 1.29 is 18.7 Å². The highest BCUT2D eigenvalue weighted by Crippen LogP contribution is 2.35. The van der Waals surface area contributed by atoms with Gasteiger partial charge < -0.3 is 14.8 Å². The largest absolute Gasteiger partial charge is 0.460 e. The zero-order valence-corrected chi connectivity index (χ0v) is 14.9. The third-order valence-electron chi connectivity index (χ3n) is 3.95. The second-order valence-corrected chi connectivity index (χ2v) is 6.20. The normalized spacial score (nSPS) is 16.4. The second-order valence-electron chi connectivity index (χ2n) is 6.20. The number of hydrogen-bond acceptors (Lipinski definition) is 6. The van der Waals surface area contributed by atoms with Crippen molar-refractivity contribution in [2.75, 3.05) is 18.5 Å². The van der Waals surface area contributed by atoms with Gasteiger partial charge in [-0.25, -0.2) is 13.9 Å². The molecule has 1 aromatic heterocycles. The molecular weight excluding hydrogens is 339 g/mol. The molecule has 0 aliphatic carbocycles. The Hall–Kier alpha value is -2.74. The van der Waals surface area contributed by atoms with E-state index in [0.717, 1.165) is 0 Å². The van der Waals surface area contributed by atoms with E-state index in [9.17, 15) is 9.18 Å². The topological polar surface area (TPSA) is 78.3 Å². The summed E-state index contributed by atoms with van der Waals surface area (Å²) in [4.78, 5) is 16.9. The zero-order valence-electron chi connectivity index (χ0n) is 14.9. The van der Waals surface area contributed by atoms with Crippen molar-refractivity contribution in [1.82, 2.24) is 14.8 Å². The van der Waals surface area contributed by atoms with Crippen molar-refractivity contribution in [1.29, 1.82) is 0 Å². The van der Waals surface area contributed by atoms with Gasteiger partial charge in [0.05, 0.1) is 18.3 Å². The Morgan fingerprint density at radius 2 is 2.19 bits per heavy atom. The molecule has 2 heterocycles. The maximum absolute atomic E-state index is 13.8. The van der Waals surface area contributed by atoms with Crippen LogP contribution in [0.15, 0.2) is 41.9 Å². The zero-order chi connectivity index (χ0) is 18.7. The van der Waals surface area contributed by atoms with Crippen LogP contribution in [0.2, 0.25) is 0 Å². The van der Waals surface area contributed by atoms with Gasteiger partial charge >= 0.3 is 5.97 Å². The van der Waals surface area contributed by atoms with E-state index < -0.39 is 17.8 Å². The van der Waals surface area contributed by atoms with Crippen molar-refractivity contribution in [2.24, 2.45) is 0 Å². The van der Waals surface area contributed by atoms with Crippen LogP contribution < -0.4 is 5.32 Å². The van der Waals surface area contributed by atoms with Crippen LogP contribution in [0, 0.1) is 5.82 Å². The summed E-state index contributed by atoms with van der Waals surface area (Å²) in [5.41, 5.74) is 1.54. The highest BCUT2D eigenvalue weighted by Gasteiger charge is 2.34. The number of nitrogens with one attached hydrogen (secondary N) is 1. The molecule has 0 saturated heterocycles. The minimum atomic E-state index is -0.622. The first-order valence-electron chi connectivity index (χ1n) is 8.39. The standard InChI is InChI=1S/C18H21FN4O3/c1-11(2)25-7-8-26-17(24)15-12(3)22-18-20-10-21-23(18)16(15)13-5-4-6-14(19)9-13/h4-6,9-11,16H,7-8H2,1-3H3,(H,20,21,22). The van der Waals surface area contributed by atoms with Crippen LogP contribution in [-0.2, 0) is 14.3 Å². The summed E-state index contributed by atoms with van der Waals surface area (Å²) in [7, 11) is 0. The minimum Gasteiger partial charge on any atom is -0.460 e. The molecule has 2 aromatic rings. The third kappa shape index (κ3) is 3.75. The lowest BCUT2D eigenvalue weighted by atomic mass is 9.96. The first-order valence-corrected chi connectivity index (χ1v) is 8.39. The predicted octanol–water partition coefficient (Wildman–Crippen LogP) is 2.67. The van der Waals surface area contributed by atoms with E-state index in [-0.39, 0.29) is 12.7 Å². The van der Waals surface area contributed by atoms with Gasteiger partial charge in [-0.3, -0.25) is 0 Å². The monoisotopic (exact) mass is 360 g/mol. The number of allylic oxidation sites excluding steroid dienone is 1. The lowest BCUT2D eigenvalue weighted by molar-refractivity contribution is -0.141. The smallest absolute Gasteiger partial charge is 0.338 e. The van der Waals surface area contributed by atoms with Crippen molar-refractivity contribution in [3.63, 3.8) is 0 Å². The Kier molecular flexibility index (Phi) is 5.32. The van der Waals surface area contributed by atoms with Crippen LogP contribution in [0.5, 0.6) is 0 Å². The summed E-state index contributed by atoms with van der Waals surface area (Å²) in [6, 6.07) is 5.45. The lowest BCUT2D eigenvalue weighted by Gasteiger charge is -2.28. The van der Waals surface area contributed by atoms with Crippen molar-refractivity contribution in [3.05, 3.63) is 53.2 Å². The van der Waals surface area contributed by atoms with Gasteiger partial charge in [-0.1, -0.05) is 12.1 Å². The Morgan fingerprint density at radius 3 is 2.92 bits per heavy atom. The van der Waals surface area contributed by atoms with Crippen molar-refractivity contribution in [2.45, 2.75) is 32.9 Å².